The molecule has 3 nitrogen and oxygen atoms in total. The van der Waals surface area contributed by atoms with Crippen LogP contribution >= 0.6 is 11.8 Å². The Hall–Kier alpha value is -1.03. The highest BCUT2D eigenvalue weighted by atomic mass is 32.2. The van der Waals surface area contributed by atoms with Gasteiger partial charge in [-0.25, -0.2) is 9.97 Å². The molecule has 56 valence electrons. The smallest absolute Gasteiger partial charge is 0.156 e. The van der Waals surface area contributed by atoms with E-state index in [0.717, 1.165) is 16.2 Å². The van der Waals surface area contributed by atoms with Crippen molar-refractivity contribution in [2.24, 2.45) is 0 Å². The van der Waals surface area contributed by atoms with E-state index >= 15 is 0 Å². The molecule has 0 unspecified atom stereocenters. The predicted molar refractivity (Wildman–Crippen MR) is 45.7 cm³/mol. The van der Waals surface area contributed by atoms with Gasteiger partial charge in [0.05, 0.1) is 6.20 Å². The Morgan fingerprint density at radius 3 is 3.27 bits per heavy atom. The van der Waals surface area contributed by atoms with E-state index in [4.69, 9.17) is 0 Å². The molecule has 0 aromatic carbocycles. The Morgan fingerprint density at radius 2 is 2.45 bits per heavy atom. The minimum atomic E-state index is 0.850. The van der Waals surface area contributed by atoms with E-state index < -0.39 is 0 Å². The van der Waals surface area contributed by atoms with Crippen molar-refractivity contribution in [3.05, 3.63) is 18.5 Å². The van der Waals surface area contributed by atoms with Gasteiger partial charge in [0, 0.05) is 6.20 Å². The lowest BCUT2D eigenvalue weighted by atomic mass is 10.5. The Morgan fingerprint density at radius 1 is 1.55 bits per heavy atom. The summed E-state index contributed by atoms with van der Waals surface area (Å²) in [5.41, 5.74) is 1.78. The van der Waals surface area contributed by atoms with E-state index in [-0.39, 0.29) is 0 Å². The third-order valence-corrected chi connectivity index (χ3v) is 2.06. The summed E-state index contributed by atoms with van der Waals surface area (Å²) in [6, 6.07) is 1.92. The van der Waals surface area contributed by atoms with Gasteiger partial charge >= 0.3 is 0 Å². The molecule has 2 aromatic rings. The van der Waals surface area contributed by atoms with Gasteiger partial charge in [-0.3, -0.25) is 0 Å². The van der Waals surface area contributed by atoms with Crippen molar-refractivity contribution in [3.63, 3.8) is 0 Å². The fraction of sp³-hybridized carbons (Fsp3) is 0.143. The summed E-state index contributed by atoms with van der Waals surface area (Å²) in [5.74, 6) is 0. The number of nitrogens with zero attached hydrogens (tertiary/aromatic N) is 2. The number of rotatable bonds is 1. The Bertz CT molecular complexity index is 368. The molecule has 0 radical (unpaired) electrons. The zero-order valence-corrected chi connectivity index (χ0v) is 6.85. The molecule has 0 amide bonds. The highest BCUT2D eigenvalue weighted by Crippen LogP contribution is 2.13. The lowest BCUT2D eigenvalue weighted by Crippen LogP contribution is -1.82. The van der Waals surface area contributed by atoms with Crippen LogP contribution in [-0.2, 0) is 0 Å². The second-order valence-electron chi connectivity index (χ2n) is 2.12. The van der Waals surface area contributed by atoms with E-state index in [1.54, 1.807) is 18.0 Å². The number of thioether (sulfide) groups is 1. The maximum Gasteiger partial charge on any atom is 0.156 e. The van der Waals surface area contributed by atoms with Gasteiger partial charge < -0.3 is 4.98 Å². The fourth-order valence-electron chi connectivity index (χ4n) is 0.912. The first-order valence-electron chi connectivity index (χ1n) is 3.24. The number of aromatic nitrogens is 3. The molecule has 4 heteroatoms. The lowest BCUT2D eigenvalue weighted by molar-refractivity contribution is 1.12. The number of hydrogen-bond acceptors (Lipinski definition) is 3. The normalized spacial score (nSPS) is 10.6. The van der Waals surface area contributed by atoms with Gasteiger partial charge in [-0.15, -0.1) is 11.8 Å². The maximum absolute atomic E-state index is 4.32. The van der Waals surface area contributed by atoms with Crippen molar-refractivity contribution in [1.29, 1.82) is 0 Å². The number of aromatic amines is 1. The maximum atomic E-state index is 4.32. The van der Waals surface area contributed by atoms with Crippen molar-refractivity contribution < 1.29 is 0 Å². The molecule has 1 N–H and O–H groups in total. The quantitative estimate of drug-likeness (QED) is 0.654. The van der Waals surface area contributed by atoms with Gasteiger partial charge in [-0.2, -0.15) is 0 Å². The van der Waals surface area contributed by atoms with E-state index in [2.05, 4.69) is 15.0 Å². The average molecular weight is 165 g/mol. The molecule has 0 spiro atoms. The Balaban J connectivity index is 2.67. The van der Waals surface area contributed by atoms with Crippen LogP contribution in [0.25, 0.3) is 11.2 Å². The summed E-state index contributed by atoms with van der Waals surface area (Å²) < 4.78 is 0. The molecule has 2 rings (SSSR count). The van der Waals surface area contributed by atoms with Gasteiger partial charge in [0.15, 0.2) is 5.65 Å². The Labute approximate surface area is 68.2 Å². The SMILES string of the molecule is CSc1cnc2[nH]ccc2n1. The van der Waals surface area contributed by atoms with E-state index in [0.29, 0.717) is 0 Å². The van der Waals surface area contributed by atoms with E-state index in [9.17, 15) is 0 Å². The monoisotopic (exact) mass is 165 g/mol. The first-order valence-corrected chi connectivity index (χ1v) is 4.47. The Kier molecular flexibility index (Phi) is 1.54. The van der Waals surface area contributed by atoms with Crippen LogP contribution in [0.2, 0.25) is 0 Å². The van der Waals surface area contributed by atoms with Gasteiger partial charge in [0.2, 0.25) is 0 Å². The topological polar surface area (TPSA) is 41.6 Å². The zero-order chi connectivity index (χ0) is 7.68. The van der Waals surface area contributed by atoms with Gasteiger partial charge in [-0.05, 0) is 12.3 Å². The summed E-state index contributed by atoms with van der Waals surface area (Å²) in [4.78, 5) is 11.5. The van der Waals surface area contributed by atoms with Crippen LogP contribution in [0.3, 0.4) is 0 Å². The number of hydrogen-bond donors (Lipinski definition) is 1. The molecule has 0 bridgehead atoms. The fourth-order valence-corrected chi connectivity index (χ4v) is 1.26. The summed E-state index contributed by atoms with van der Waals surface area (Å²) in [7, 11) is 0. The molecule has 0 fully saturated rings. The van der Waals surface area contributed by atoms with Crippen molar-refractivity contribution in [2.45, 2.75) is 5.03 Å². The number of nitrogens with one attached hydrogen (secondary N) is 1. The molecule has 2 aromatic heterocycles. The molecule has 2 heterocycles. The van der Waals surface area contributed by atoms with Crippen molar-refractivity contribution in [2.75, 3.05) is 6.26 Å². The van der Waals surface area contributed by atoms with E-state index in [1.165, 1.54) is 0 Å². The van der Waals surface area contributed by atoms with Crippen LogP contribution in [0.5, 0.6) is 0 Å². The van der Waals surface area contributed by atoms with Crippen LogP contribution in [0.4, 0.5) is 0 Å². The molecular formula is C7H7N3S. The van der Waals surface area contributed by atoms with Crippen LogP contribution in [-0.4, -0.2) is 21.2 Å². The van der Waals surface area contributed by atoms with E-state index in [1.807, 2.05) is 18.5 Å². The second kappa shape index (κ2) is 2.54. The average Bonchev–Trinajstić information content (AvgIpc) is 2.50. The first kappa shape index (κ1) is 6.67. The third kappa shape index (κ3) is 1.09. The first-order chi connectivity index (χ1) is 5.40. The molecule has 11 heavy (non-hydrogen) atoms. The predicted octanol–water partition coefficient (Wildman–Crippen LogP) is 1.68. The van der Waals surface area contributed by atoms with Crippen LogP contribution in [0, 0.1) is 0 Å². The van der Waals surface area contributed by atoms with Gasteiger partial charge in [0.1, 0.15) is 10.5 Å². The zero-order valence-electron chi connectivity index (χ0n) is 6.03. The molecular weight excluding hydrogens is 158 g/mol. The van der Waals surface area contributed by atoms with Gasteiger partial charge in [-0.1, -0.05) is 0 Å². The minimum Gasteiger partial charge on any atom is -0.345 e. The minimum absolute atomic E-state index is 0.850. The standard InChI is InChI=1S/C7H7N3S/c1-11-6-4-9-7-5(10-6)2-3-8-7/h2-4H,1H3,(H,8,9). The summed E-state index contributed by atoms with van der Waals surface area (Å²) in [6.45, 7) is 0. The summed E-state index contributed by atoms with van der Waals surface area (Å²) in [5, 5.41) is 0.956. The summed E-state index contributed by atoms with van der Waals surface area (Å²) >= 11 is 1.60. The molecule has 0 aliphatic heterocycles. The number of H-pyrrole nitrogens is 1. The molecule has 0 saturated carbocycles. The molecule has 0 aliphatic carbocycles. The van der Waals surface area contributed by atoms with Crippen molar-refractivity contribution in [1.82, 2.24) is 15.0 Å². The summed E-state index contributed by atoms with van der Waals surface area (Å²) in [6.07, 6.45) is 5.60. The molecule has 0 aliphatic rings. The van der Waals surface area contributed by atoms with Crippen LogP contribution in [0.1, 0.15) is 0 Å². The molecule has 0 saturated heterocycles. The van der Waals surface area contributed by atoms with Crippen molar-refractivity contribution in [3.8, 4) is 0 Å². The largest absolute Gasteiger partial charge is 0.345 e. The highest BCUT2D eigenvalue weighted by molar-refractivity contribution is 7.98. The van der Waals surface area contributed by atoms with Crippen molar-refractivity contribution >= 4 is 22.9 Å². The van der Waals surface area contributed by atoms with Crippen LogP contribution in [0.15, 0.2) is 23.5 Å². The highest BCUT2D eigenvalue weighted by Gasteiger charge is 1.97. The third-order valence-electron chi connectivity index (χ3n) is 1.45. The van der Waals surface area contributed by atoms with Crippen LogP contribution < -0.4 is 0 Å². The number of fused-ring (bicyclic) bond motifs is 1. The van der Waals surface area contributed by atoms with Gasteiger partial charge in [0.25, 0.3) is 0 Å². The lowest BCUT2D eigenvalue weighted by Gasteiger charge is -1.92. The second-order valence-corrected chi connectivity index (χ2v) is 2.95. The molecule has 0 atom stereocenters.